The number of alkyl halides is 3. The Morgan fingerprint density at radius 1 is 0.778 bits per heavy atom. The molecule has 0 saturated heterocycles. The van der Waals surface area contributed by atoms with Crippen molar-refractivity contribution in [2.45, 2.75) is 37.8 Å². The van der Waals surface area contributed by atoms with Gasteiger partial charge in [-0.05, 0) is 72.3 Å². The van der Waals surface area contributed by atoms with Gasteiger partial charge in [-0.15, -0.1) is 0 Å². The second-order valence-electron chi connectivity index (χ2n) is 10.7. The number of rotatable bonds is 15. The van der Waals surface area contributed by atoms with Crippen LogP contribution in [0.1, 0.15) is 56.1 Å². The van der Waals surface area contributed by atoms with Crippen LogP contribution in [0.4, 0.5) is 13.2 Å². The zero-order chi connectivity index (χ0) is 32.2. The van der Waals surface area contributed by atoms with Crippen molar-refractivity contribution >= 4 is 11.9 Å². The molecule has 0 aliphatic carbocycles. The Balaban J connectivity index is 1.31. The predicted octanol–water partition coefficient (Wildman–Crippen LogP) is 6.67. The van der Waals surface area contributed by atoms with Crippen molar-refractivity contribution in [2.24, 2.45) is 0 Å². The topological polar surface area (TPSA) is 87.7 Å². The fourth-order valence-corrected chi connectivity index (χ4v) is 5.44. The van der Waals surface area contributed by atoms with E-state index in [9.17, 15) is 27.9 Å². The average molecular weight is 619 g/mol. The number of carbonyl (C=O) groups is 2. The molecule has 6 nitrogen and oxygen atoms in total. The summed E-state index contributed by atoms with van der Waals surface area (Å²) in [5.74, 6) is -1.37. The number of halogens is 3. The molecular formula is C36H37F3N2O4. The lowest BCUT2D eigenvalue weighted by Crippen LogP contribution is -2.27. The van der Waals surface area contributed by atoms with Crippen LogP contribution in [-0.4, -0.2) is 43.7 Å². The summed E-state index contributed by atoms with van der Waals surface area (Å²) in [6, 6.07) is 29.0. The van der Waals surface area contributed by atoms with Crippen molar-refractivity contribution in [1.82, 2.24) is 10.6 Å². The highest BCUT2D eigenvalue weighted by Gasteiger charge is 2.35. The molecule has 3 N–H and O–H groups in total. The summed E-state index contributed by atoms with van der Waals surface area (Å²) in [7, 11) is 1.22. The Labute approximate surface area is 261 Å². The lowest BCUT2D eigenvalue weighted by molar-refractivity contribution is -0.138. The SMILES string of the molecule is COc1c(CCNCCc2cc(CCNC(=O)CC(c3ccccc3)c3ccccc3)ccc2C(=O)O)cccc1C(F)(F)F. The maximum Gasteiger partial charge on any atom is 0.419 e. The normalized spacial score (nSPS) is 11.4. The number of methoxy groups -OCH3 is 1. The summed E-state index contributed by atoms with van der Waals surface area (Å²) in [5.41, 5.74) is 3.49. The van der Waals surface area contributed by atoms with Gasteiger partial charge in [0.15, 0.2) is 0 Å². The van der Waals surface area contributed by atoms with Crippen molar-refractivity contribution in [3.05, 3.63) is 136 Å². The van der Waals surface area contributed by atoms with Crippen LogP contribution >= 0.6 is 0 Å². The smallest absolute Gasteiger partial charge is 0.419 e. The molecule has 0 bridgehead atoms. The maximum atomic E-state index is 13.3. The fourth-order valence-electron chi connectivity index (χ4n) is 5.44. The van der Waals surface area contributed by atoms with E-state index in [1.165, 1.54) is 13.2 Å². The monoisotopic (exact) mass is 618 g/mol. The van der Waals surface area contributed by atoms with Crippen molar-refractivity contribution in [1.29, 1.82) is 0 Å². The highest BCUT2D eigenvalue weighted by molar-refractivity contribution is 5.89. The number of nitrogens with one attached hydrogen (secondary N) is 2. The van der Waals surface area contributed by atoms with Gasteiger partial charge in [0.2, 0.25) is 5.91 Å². The number of amides is 1. The molecule has 236 valence electrons. The molecule has 0 radical (unpaired) electrons. The molecule has 0 aliphatic rings. The van der Waals surface area contributed by atoms with Crippen LogP contribution in [0.2, 0.25) is 0 Å². The minimum atomic E-state index is -4.51. The minimum absolute atomic E-state index is 0.0725. The van der Waals surface area contributed by atoms with Gasteiger partial charge < -0.3 is 20.5 Å². The molecule has 1 amide bonds. The van der Waals surface area contributed by atoms with Crippen molar-refractivity contribution in [2.75, 3.05) is 26.7 Å². The Kier molecular flexibility index (Phi) is 11.8. The second-order valence-corrected chi connectivity index (χ2v) is 10.7. The number of carbonyl (C=O) groups excluding carboxylic acids is 1. The van der Waals surface area contributed by atoms with E-state index in [0.29, 0.717) is 56.4 Å². The first kappa shape index (κ1) is 33.3. The van der Waals surface area contributed by atoms with E-state index >= 15 is 0 Å². The first-order valence-electron chi connectivity index (χ1n) is 14.8. The third-order valence-electron chi connectivity index (χ3n) is 7.68. The summed E-state index contributed by atoms with van der Waals surface area (Å²) in [6.07, 6.45) is -2.95. The molecule has 0 aromatic heterocycles. The number of para-hydroxylation sites is 1. The van der Waals surface area contributed by atoms with Gasteiger partial charge in [-0.25, -0.2) is 4.79 Å². The van der Waals surface area contributed by atoms with E-state index in [1.54, 1.807) is 18.2 Å². The van der Waals surface area contributed by atoms with Gasteiger partial charge in [-0.1, -0.05) is 84.9 Å². The zero-order valence-corrected chi connectivity index (χ0v) is 25.1. The van der Waals surface area contributed by atoms with Crippen LogP contribution in [0.25, 0.3) is 0 Å². The number of aromatic carboxylic acids is 1. The number of benzene rings is 4. The van der Waals surface area contributed by atoms with Crippen LogP contribution in [0.3, 0.4) is 0 Å². The molecule has 0 atom stereocenters. The number of hydrogen-bond acceptors (Lipinski definition) is 4. The van der Waals surface area contributed by atoms with Crippen LogP contribution in [0.5, 0.6) is 5.75 Å². The molecule has 0 saturated carbocycles. The molecule has 0 unspecified atom stereocenters. The molecule has 45 heavy (non-hydrogen) atoms. The molecule has 9 heteroatoms. The Bertz CT molecular complexity index is 1520. The van der Waals surface area contributed by atoms with Gasteiger partial charge in [-0.2, -0.15) is 13.2 Å². The molecule has 0 fully saturated rings. The van der Waals surface area contributed by atoms with Crippen LogP contribution in [0, 0.1) is 0 Å². The quantitative estimate of drug-likeness (QED) is 0.130. The molecule has 0 heterocycles. The third-order valence-corrected chi connectivity index (χ3v) is 7.68. The summed E-state index contributed by atoms with van der Waals surface area (Å²) in [5, 5.41) is 15.9. The minimum Gasteiger partial charge on any atom is -0.496 e. The summed E-state index contributed by atoms with van der Waals surface area (Å²) in [6.45, 7) is 1.22. The standard InChI is InChI=1S/C36H37F3N2O4/c1-45-34-28(13-8-14-32(34)36(37,38)39)18-20-40-21-19-29-23-25(15-16-30(29)35(43)44)17-22-41-33(42)24-31(26-9-4-2-5-10-26)27-11-6-3-7-12-27/h2-16,23,31,40H,17-22,24H2,1H3,(H,41,42)(H,43,44). The average Bonchev–Trinajstić information content (AvgIpc) is 3.03. The highest BCUT2D eigenvalue weighted by atomic mass is 19.4. The lowest BCUT2D eigenvalue weighted by atomic mass is 9.88. The Hall–Kier alpha value is -4.63. The van der Waals surface area contributed by atoms with E-state index in [-0.39, 0.29) is 23.1 Å². The Morgan fingerprint density at radius 3 is 1.98 bits per heavy atom. The van der Waals surface area contributed by atoms with Crippen molar-refractivity contribution < 1.29 is 32.6 Å². The zero-order valence-electron chi connectivity index (χ0n) is 25.1. The largest absolute Gasteiger partial charge is 0.496 e. The molecule has 4 rings (SSSR count). The van der Waals surface area contributed by atoms with Crippen molar-refractivity contribution in [3.8, 4) is 5.75 Å². The maximum absolute atomic E-state index is 13.3. The van der Waals surface area contributed by atoms with Gasteiger partial charge in [0, 0.05) is 18.9 Å². The molecule has 4 aromatic carbocycles. The van der Waals surface area contributed by atoms with E-state index in [2.05, 4.69) is 10.6 Å². The molecule has 0 spiro atoms. The fraction of sp³-hybridized carbons (Fsp3) is 0.278. The van der Waals surface area contributed by atoms with Gasteiger partial charge in [0.1, 0.15) is 5.75 Å². The van der Waals surface area contributed by atoms with Crippen LogP contribution < -0.4 is 15.4 Å². The van der Waals surface area contributed by atoms with Crippen LogP contribution in [0.15, 0.2) is 97.1 Å². The number of hydrogen-bond donors (Lipinski definition) is 3. The third kappa shape index (κ3) is 9.43. The van der Waals surface area contributed by atoms with Crippen molar-refractivity contribution in [3.63, 3.8) is 0 Å². The molecule has 4 aromatic rings. The predicted molar refractivity (Wildman–Crippen MR) is 168 cm³/mol. The van der Waals surface area contributed by atoms with Crippen LogP contribution in [-0.2, 0) is 30.2 Å². The second kappa shape index (κ2) is 15.9. The van der Waals surface area contributed by atoms with Gasteiger partial charge in [0.05, 0.1) is 18.2 Å². The molecule has 0 aliphatic heterocycles. The molecular weight excluding hydrogens is 581 g/mol. The van der Waals surface area contributed by atoms with Gasteiger partial charge in [0.25, 0.3) is 0 Å². The van der Waals surface area contributed by atoms with E-state index < -0.39 is 17.7 Å². The summed E-state index contributed by atoms with van der Waals surface area (Å²) < 4.78 is 45.0. The summed E-state index contributed by atoms with van der Waals surface area (Å²) in [4.78, 5) is 24.8. The van der Waals surface area contributed by atoms with E-state index in [0.717, 1.165) is 22.8 Å². The van der Waals surface area contributed by atoms with Gasteiger partial charge in [-0.3, -0.25) is 4.79 Å². The van der Waals surface area contributed by atoms with Gasteiger partial charge >= 0.3 is 12.1 Å². The first-order valence-corrected chi connectivity index (χ1v) is 14.8. The number of carboxylic acid groups (broad SMARTS) is 1. The highest BCUT2D eigenvalue weighted by Crippen LogP contribution is 2.38. The van der Waals surface area contributed by atoms with E-state index in [1.807, 2.05) is 66.7 Å². The first-order chi connectivity index (χ1) is 21.7. The number of carboxylic acids is 1. The number of ether oxygens (including phenoxy) is 1. The summed E-state index contributed by atoms with van der Waals surface area (Å²) >= 11 is 0. The lowest BCUT2D eigenvalue weighted by Gasteiger charge is -2.18. The Morgan fingerprint density at radius 2 is 1.40 bits per heavy atom. The van der Waals surface area contributed by atoms with E-state index in [4.69, 9.17) is 4.74 Å².